The molecule has 0 amide bonds. The summed E-state index contributed by atoms with van der Waals surface area (Å²) in [5.41, 5.74) is 2.39. The maximum Gasteiger partial charge on any atom is 0.673 e. The molecule has 0 N–H and O–H groups in total. The SMILES string of the molecule is COc1ccccc1CP(C)C1CCCCC1.F[B-](F)(F)F.[Rh]. The van der Waals surface area contributed by atoms with Gasteiger partial charge in [0.25, 0.3) is 0 Å². The molecule has 1 fully saturated rings. The van der Waals surface area contributed by atoms with E-state index >= 15 is 0 Å². The first-order valence-electron chi connectivity index (χ1n) is 7.50. The summed E-state index contributed by atoms with van der Waals surface area (Å²) < 4.78 is 44.4. The van der Waals surface area contributed by atoms with E-state index < -0.39 is 7.25 Å². The Kier molecular flexibility index (Phi) is 11.3. The van der Waals surface area contributed by atoms with Gasteiger partial charge >= 0.3 is 7.25 Å². The van der Waals surface area contributed by atoms with Crippen LogP contribution in [0.4, 0.5) is 17.3 Å². The maximum absolute atomic E-state index is 9.75. The van der Waals surface area contributed by atoms with E-state index in [1.54, 1.807) is 7.11 Å². The first-order chi connectivity index (χ1) is 10.3. The number of hydrogen-bond acceptors (Lipinski definition) is 1. The van der Waals surface area contributed by atoms with Crippen molar-refractivity contribution < 1.29 is 41.5 Å². The zero-order chi connectivity index (χ0) is 16.6. The van der Waals surface area contributed by atoms with Gasteiger partial charge in [0.2, 0.25) is 0 Å². The van der Waals surface area contributed by atoms with Gasteiger partial charge in [-0.1, -0.05) is 37.5 Å². The fraction of sp³-hybridized carbons (Fsp3) is 0.600. The minimum Gasteiger partial charge on any atom is -0.496 e. The summed E-state index contributed by atoms with van der Waals surface area (Å²) in [6.45, 7) is 2.47. The average molecular weight is 440 g/mol. The molecule has 8 heteroatoms. The van der Waals surface area contributed by atoms with E-state index in [0.717, 1.165) is 11.4 Å². The van der Waals surface area contributed by atoms with E-state index in [0.29, 0.717) is 0 Å². The van der Waals surface area contributed by atoms with Gasteiger partial charge in [0.1, 0.15) is 5.75 Å². The summed E-state index contributed by atoms with van der Waals surface area (Å²) in [6, 6.07) is 8.49. The van der Waals surface area contributed by atoms with Crippen molar-refractivity contribution in [3.05, 3.63) is 29.8 Å². The van der Waals surface area contributed by atoms with Crippen LogP contribution in [-0.2, 0) is 25.6 Å². The molecular formula is C15H23BF4OPRh-. The maximum atomic E-state index is 9.75. The van der Waals surface area contributed by atoms with Gasteiger partial charge in [0, 0.05) is 19.5 Å². The zero-order valence-corrected chi connectivity index (χ0v) is 15.9. The third kappa shape index (κ3) is 10.4. The molecule has 1 aromatic carbocycles. The van der Waals surface area contributed by atoms with Gasteiger partial charge in [-0.15, -0.1) is 7.92 Å². The largest absolute Gasteiger partial charge is 0.673 e. The number of rotatable bonds is 4. The average Bonchev–Trinajstić information content (AvgIpc) is 2.47. The Balaban J connectivity index is 0.000000709. The van der Waals surface area contributed by atoms with Gasteiger partial charge in [0.15, 0.2) is 0 Å². The van der Waals surface area contributed by atoms with Crippen LogP contribution in [-0.4, -0.2) is 26.7 Å². The minimum atomic E-state index is -6.00. The summed E-state index contributed by atoms with van der Waals surface area (Å²) in [7, 11) is -4.10. The Bertz CT molecular complexity index is 436. The van der Waals surface area contributed by atoms with E-state index in [-0.39, 0.29) is 27.4 Å². The Labute approximate surface area is 150 Å². The van der Waals surface area contributed by atoms with Gasteiger partial charge in [-0.3, -0.25) is 0 Å². The van der Waals surface area contributed by atoms with Crippen LogP contribution < -0.4 is 4.74 Å². The van der Waals surface area contributed by atoms with Crippen LogP contribution >= 0.6 is 7.92 Å². The van der Waals surface area contributed by atoms with Crippen LogP contribution in [0.15, 0.2) is 24.3 Å². The fourth-order valence-corrected chi connectivity index (χ4v) is 5.06. The third-order valence-electron chi connectivity index (χ3n) is 3.81. The van der Waals surface area contributed by atoms with E-state index in [1.165, 1.54) is 43.8 Å². The second-order valence-corrected chi connectivity index (χ2v) is 8.07. The monoisotopic (exact) mass is 440 g/mol. The summed E-state index contributed by atoms with van der Waals surface area (Å²) in [6.07, 6.45) is 8.49. The summed E-state index contributed by atoms with van der Waals surface area (Å²) >= 11 is 0. The topological polar surface area (TPSA) is 9.23 Å². The van der Waals surface area contributed by atoms with Crippen LogP contribution in [0, 0.1) is 0 Å². The molecule has 0 aliphatic heterocycles. The van der Waals surface area contributed by atoms with Crippen molar-refractivity contribution in [1.29, 1.82) is 0 Å². The van der Waals surface area contributed by atoms with Gasteiger partial charge < -0.3 is 22.0 Å². The van der Waals surface area contributed by atoms with Crippen molar-refractivity contribution in [1.82, 2.24) is 0 Å². The van der Waals surface area contributed by atoms with Crippen LogP contribution in [0.25, 0.3) is 0 Å². The van der Waals surface area contributed by atoms with Gasteiger partial charge in [-0.05, 0) is 43.0 Å². The molecule has 135 valence electrons. The van der Waals surface area contributed by atoms with Crippen molar-refractivity contribution in [2.45, 2.75) is 43.9 Å². The molecule has 1 nitrogen and oxygen atoms in total. The number of methoxy groups -OCH3 is 1. The zero-order valence-electron chi connectivity index (χ0n) is 13.4. The normalized spacial score (nSPS) is 16.6. The summed E-state index contributed by atoms with van der Waals surface area (Å²) in [5, 5.41) is 0. The second-order valence-electron chi connectivity index (χ2n) is 5.51. The second kappa shape index (κ2) is 11.4. The number of ether oxygens (including phenoxy) is 1. The van der Waals surface area contributed by atoms with Crippen molar-refractivity contribution >= 4 is 15.2 Å². The van der Waals surface area contributed by atoms with Crippen molar-refractivity contribution in [2.24, 2.45) is 0 Å². The van der Waals surface area contributed by atoms with Crippen molar-refractivity contribution in [2.75, 3.05) is 13.8 Å². The molecule has 1 atom stereocenters. The molecule has 1 aliphatic carbocycles. The Morgan fingerprint density at radius 1 is 1.09 bits per heavy atom. The van der Waals surface area contributed by atoms with E-state index in [9.17, 15) is 17.3 Å². The van der Waals surface area contributed by atoms with Crippen LogP contribution in [0.1, 0.15) is 37.7 Å². The first-order valence-corrected chi connectivity index (χ1v) is 9.55. The fourth-order valence-electron chi connectivity index (χ4n) is 2.75. The third-order valence-corrected chi connectivity index (χ3v) is 6.41. The minimum absolute atomic E-state index is 0. The Hall–Kier alpha value is -0.142. The quantitative estimate of drug-likeness (QED) is 0.320. The smallest absolute Gasteiger partial charge is 0.496 e. The molecule has 23 heavy (non-hydrogen) atoms. The number of hydrogen-bond donors (Lipinski definition) is 0. The molecule has 0 heterocycles. The molecule has 1 saturated carbocycles. The first kappa shape index (κ1) is 22.9. The number of para-hydroxylation sites is 1. The Morgan fingerprint density at radius 2 is 1.61 bits per heavy atom. The van der Waals surface area contributed by atoms with Crippen molar-refractivity contribution in [3.8, 4) is 5.75 Å². The molecule has 1 aromatic rings. The van der Waals surface area contributed by atoms with Gasteiger partial charge in [-0.2, -0.15) is 0 Å². The van der Waals surface area contributed by atoms with Gasteiger partial charge in [-0.25, -0.2) is 0 Å². The summed E-state index contributed by atoms with van der Waals surface area (Å²) in [5.74, 6) is 1.07. The molecule has 1 radical (unpaired) electrons. The molecule has 0 saturated heterocycles. The molecule has 1 aliphatic rings. The summed E-state index contributed by atoms with van der Waals surface area (Å²) in [4.78, 5) is 0. The van der Waals surface area contributed by atoms with E-state index in [1.807, 2.05) is 0 Å². The molecular weight excluding hydrogens is 417 g/mol. The van der Waals surface area contributed by atoms with Crippen molar-refractivity contribution in [3.63, 3.8) is 0 Å². The Morgan fingerprint density at radius 3 is 2.13 bits per heavy atom. The van der Waals surface area contributed by atoms with Crippen LogP contribution in [0.3, 0.4) is 0 Å². The predicted octanol–water partition coefficient (Wildman–Crippen LogP) is 5.94. The number of halogens is 4. The molecule has 0 spiro atoms. The van der Waals surface area contributed by atoms with Gasteiger partial charge in [0.05, 0.1) is 7.11 Å². The predicted molar refractivity (Wildman–Crippen MR) is 86.6 cm³/mol. The molecule has 1 unspecified atom stereocenters. The molecule has 0 aromatic heterocycles. The number of benzene rings is 1. The van der Waals surface area contributed by atoms with Crippen LogP contribution in [0.2, 0.25) is 0 Å². The van der Waals surface area contributed by atoms with E-state index in [4.69, 9.17) is 4.74 Å². The molecule has 0 bridgehead atoms. The standard InChI is InChI=1S/C15H23OP.BF4.Rh/c1-16-15-11-7-6-8-13(15)12-17(2)14-9-4-3-5-10-14;2-1(3,4)5;/h6-8,11,14H,3-5,9-10,12H2,1-2H3;;/q;-1;. The molecule has 2 rings (SSSR count). The van der Waals surface area contributed by atoms with Crippen LogP contribution in [0.5, 0.6) is 5.75 Å². The van der Waals surface area contributed by atoms with E-state index in [2.05, 4.69) is 30.9 Å².